The summed E-state index contributed by atoms with van der Waals surface area (Å²) in [6, 6.07) is 0. The zero-order valence-corrected chi connectivity index (χ0v) is 7.78. The molecule has 1 aliphatic heterocycles. The second kappa shape index (κ2) is 4.25. The van der Waals surface area contributed by atoms with Gasteiger partial charge in [0.05, 0.1) is 0 Å². The quantitative estimate of drug-likeness (QED) is 0.575. The molecule has 0 aromatic rings. The number of hydrogen-bond donors (Lipinski definition) is 0. The van der Waals surface area contributed by atoms with Crippen LogP contribution in [-0.2, 0) is 9.59 Å². The molecule has 1 saturated heterocycles. The molecule has 4 nitrogen and oxygen atoms in total. The fraction of sp³-hybridized carbons (Fsp3) is 0.778. The van der Waals surface area contributed by atoms with Crippen LogP contribution in [0.3, 0.4) is 0 Å². The van der Waals surface area contributed by atoms with Gasteiger partial charge in [-0.25, -0.2) is 0 Å². The summed E-state index contributed by atoms with van der Waals surface area (Å²) in [4.78, 5) is 23.4. The number of amides is 1. The van der Waals surface area contributed by atoms with Crippen molar-refractivity contribution in [3.05, 3.63) is 0 Å². The van der Waals surface area contributed by atoms with E-state index in [1.807, 2.05) is 6.92 Å². The van der Waals surface area contributed by atoms with Gasteiger partial charge in [-0.15, -0.1) is 0 Å². The molecule has 0 bridgehead atoms. The summed E-state index contributed by atoms with van der Waals surface area (Å²) in [6.07, 6.45) is 1.57. The zero-order chi connectivity index (χ0) is 9.84. The average molecular weight is 184 g/mol. The highest BCUT2D eigenvalue weighted by atomic mass is 16.4. The van der Waals surface area contributed by atoms with Gasteiger partial charge in [0.2, 0.25) is 5.91 Å². The number of piperidine rings is 1. The van der Waals surface area contributed by atoms with E-state index < -0.39 is 5.97 Å². The van der Waals surface area contributed by atoms with E-state index in [2.05, 4.69) is 0 Å². The number of carboxylic acids is 1. The first kappa shape index (κ1) is 10.0. The Balaban J connectivity index is 2.39. The molecule has 0 spiro atoms. The van der Waals surface area contributed by atoms with Gasteiger partial charge in [0.1, 0.15) is 0 Å². The predicted molar refractivity (Wildman–Crippen MR) is 44.6 cm³/mol. The third kappa shape index (κ3) is 2.44. The summed E-state index contributed by atoms with van der Waals surface area (Å²) in [7, 11) is 0. The maximum absolute atomic E-state index is 11.2. The smallest absolute Gasteiger partial charge is 0.222 e. The second-order valence-corrected chi connectivity index (χ2v) is 3.33. The minimum absolute atomic E-state index is 0.108. The van der Waals surface area contributed by atoms with Gasteiger partial charge in [-0.2, -0.15) is 0 Å². The molecule has 1 rings (SSSR count). The number of rotatable bonds is 2. The number of hydrogen-bond acceptors (Lipinski definition) is 3. The van der Waals surface area contributed by atoms with Crippen LogP contribution in [0.5, 0.6) is 0 Å². The summed E-state index contributed by atoms with van der Waals surface area (Å²) in [5.41, 5.74) is 0. The van der Waals surface area contributed by atoms with Gasteiger partial charge < -0.3 is 14.8 Å². The number of carbonyl (C=O) groups is 2. The molecule has 0 aromatic heterocycles. The topological polar surface area (TPSA) is 60.4 Å². The molecule has 0 aliphatic carbocycles. The lowest BCUT2D eigenvalue weighted by molar-refractivity contribution is -0.312. The van der Waals surface area contributed by atoms with Crippen molar-refractivity contribution < 1.29 is 14.7 Å². The van der Waals surface area contributed by atoms with Crippen LogP contribution in [0.1, 0.15) is 26.2 Å². The Bertz CT molecular complexity index is 207. The van der Waals surface area contributed by atoms with Crippen molar-refractivity contribution in [2.75, 3.05) is 13.1 Å². The molecule has 0 aromatic carbocycles. The van der Waals surface area contributed by atoms with E-state index in [-0.39, 0.29) is 11.8 Å². The third-order valence-corrected chi connectivity index (χ3v) is 2.48. The molecule has 0 radical (unpaired) electrons. The van der Waals surface area contributed by atoms with Crippen LogP contribution in [0.4, 0.5) is 0 Å². The molecule has 0 unspecified atom stereocenters. The van der Waals surface area contributed by atoms with Crippen LogP contribution in [0.25, 0.3) is 0 Å². The summed E-state index contributed by atoms with van der Waals surface area (Å²) < 4.78 is 0. The molecule has 0 N–H and O–H groups in total. The minimum Gasteiger partial charge on any atom is -0.550 e. The summed E-state index contributed by atoms with van der Waals surface area (Å²) >= 11 is 0. The number of carboxylic acid groups (broad SMARTS) is 1. The monoisotopic (exact) mass is 184 g/mol. The van der Waals surface area contributed by atoms with E-state index in [0.717, 1.165) is 0 Å². The van der Waals surface area contributed by atoms with Crippen LogP contribution >= 0.6 is 0 Å². The van der Waals surface area contributed by atoms with E-state index in [1.165, 1.54) is 0 Å². The molecule has 74 valence electrons. The van der Waals surface area contributed by atoms with E-state index in [0.29, 0.717) is 32.4 Å². The first-order chi connectivity index (χ1) is 6.15. The van der Waals surface area contributed by atoms with Gasteiger partial charge in [-0.1, -0.05) is 6.92 Å². The van der Waals surface area contributed by atoms with E-state index in [9.17, 15) is 14.7 Å². The molecule has 0 atom stereocenters. The Morgan fingerprint density at radius 1 is 1.38 bits per heavy atom. The molecule has 1 heterocycles. The third-order valence-electron chi connectivity index (χ3n) is 2.48. The van der Waals surface area contributed by atoms with Crippen molar-refractivity contribution in [3.63, 3.8) is 0 Å². The van der Waals surface area contributed by atoms with Crippen LogP contribution in [0.2, 0.25) is 0 Å². The SMILES string of the molecule is CCC(=O)N1CCC(C(=O)[O-])CC1. The maximum Gasteiger partial charge on any atom is 0.222 e. The van der Waals surface area contributed by atoms with Gasteiger partial charge in [-0.05, 0) is 12.8 Å². The Kier molecular flexibility index (Phi) is 3.28. The Hall–Kier alpha value is -1.06. The summed E-state index contributed by atoms with van der Waals surface area (Å²) in [6.45, 7) is 2.93. The Morgan fingerprint density at radius 3 is 2.31 bits per heavy atom. The van der Waals surface area contributed by atoms with Crippen LogP contribution < -0.4 is 5.11 Å². The van der Waals surface area contributed by atoms with Crippen molar-refractivity contribution in [1.29, 1.82) is 0 Å². The molecular weight excluding hydrogens is 170 g/mol. The standard InChI is InChI=1S/C9H15NO3/c1-2-8(11)10-5-3-7(4-6-10)9(12)13/h7H,2-6H2,1H3,(H,12,13)/p-1. The lowest BCUT2D eigenvalue weighted by Crippen LogP contribution is -2.43. The fourth-order valence-electron chi connectivity index (χ4n) is 1.59. The highest BCUT2D eigenvalue weighted by Gasteiger charge is 2.21. The van der Waals surface area contributed by atoms with Crippen molar-refractivity contribution >= 4 is 11.9 Å². The van der Waals surface area contributed by atoms with E-state index in [4.69, 9.17) is 0 Å². The van der Waals surface area contributed by atoms with Crippen molar-refractivity contribution in [2.45, 2.75) is 26.2 Å². The molecule has 13 heavy (non-hydrogen) atoms. The molecule has 0 saturated carbocycles. The van der Waals surface area contributed by atoms with Crippen LogP contribution in [0, 0.1) is 5.92 Å². The summed E-state index contributed by atoms with van der Waals surface area (Å²) in [5.74, 6) is -1.23. The Morgan fingerprint density at radius 2 is 1.92 bits per heavy atom. The summed E-state index contributed by atoms with van der Waals surface area (Å²) in [5, 5.41) is 10.5. The van der Waals surface area contributed by atoms with Crippen molar-refractivity contribution in [2.24, 2.45) is 5.92 Å². The lowest BCUT2D eigenvalue weighted by Gasteiger charge is -2.32. The maximum atomic E-state index is 11.2. The largest absolute Gasteiger partial charge is 0.550 e. The molecular formula is C9H14NO3-. The average Bonchev–Trinajstić information content (AvgIpc) is 2.17. The normalized spacial score (nSPS) is 18.7. The van der Waals surface area contributed by atoms with Crippen molar-refractivity contribution in [1.82, 2.24) is 4.90 Å². The molecule has 1 aliphatic rings. The first-order valence-corrected chi connectivity index (χ1v) is 4.63. The Labute approximate surface area is 77.5 Å². The second-order valence-electron chi connectivity index (χ2n) is 3.33. The number of likely N-dealkylation sites (tertiary alicyclic amines) is 1. The van der Waals surface area contributed by atoms with Gasteiger partial charge in [-0.3, -0.25) is 4.79 Å². The lowest BCUT2D eigenvalue weighted by atomic mass is 9.97. The zero-order valence-electron chi connectivity index (χ0n) is 7.78. The minimum atomic E-state index is -0.983. The number of nitrogens with zero attached hydrogens (tertiary/aromatic N) is 1. The van der Waals surface area contributed by atoms with Gasteiger partial charge in [0.25, 0.3) is 0 Å². The van der Waals surface area contributed by atoms with Gasteiger partial charge in [0, 0.05) is 31.4 Å². The molecule has 1 fully saturated rings. The van der Waals surface area contributed by atoms with E-state index in [1.54, 1.807) is 4.90 Å². The van der Waals surface area contributed by atoms with Gasteiger partial charge in [0.15, 0.2) is 0 Å². The fourth-order valence-corrected chi connectivity index (χ4v) is 1.59. The molecule has 4 heteroatoms. The number of carbonyl (C=O) groups excluding carboxylic acids is 2. The number of aliphatic carboxylic acids is 1. The molecule has 1 amide bonds. The highest BCUT2D eigenvalue weighted by molar-refractivity contribution is 5.76. The van der Waals surface area contributed by atoms with Crippen LogP contribution in [0.15, 0.2) is 0 Å². The predicted octanol–water partition coefficient (Wildman–Crippen LogP) is -0.615. The van der Waals surface area contributed by atoms with Crippen LogP contribution in [-0.4, -0.2) is 29.9 Å². The highest BCUT2D eigenvalue weighted by Crippen LogP contribution is 2.16. The van der Waals surface area contributed by atoms with Crippen molar-refractivity contribution in [3.8, 4) is 0 Å². The van der Waals surface area contributed by atoms with E-state index >= 15 is 0 Å². The first-order valence-electron chi connectivity index (χ1n) is 4.63. The van der Waals surface area contributed by atoms with Gasteiger partial charge >= 0.3 is 0 Å².